The number of hydrogen-bond acceptors (Lipinski definition) is 9. The van der Waals surface area contributed by atoms with Crippen LogP contribution in [-0.4, -0.2) is 96.0 Å². The molecule has 1 saturated carbocycles. The average molecular weight is 592 g/mol. The summed E-state index contributed by atoms with van der Waals surface area (Å²) in [4.78, 5) is 40.9. The van der Waals surface area contributed by atoms with Crippen LogP contribution in [0.4, 0.5) is 23.0 Å². The average Bonchev–Trinajstić information content (AvgIpc) is 2.98. The van der Waals surface area contributed by atoms with Crippen molar-refractivity contribution in [2.24, 2.45) is 5.73 Å². The Balaban J connectivity index is 1.25. The van der Waals surface area contributed by atoms with Gasteiger partial charge in [-0.05, 0) is 82.7 Å². The minimum atomic E-state index is -0.608. The molecule has 5 rings (SSSR count). The van der Waals surface area contributed by atoms with Gasteiger partial charge in [0.25, 0.3) is 5.91 Å². The van der Waals surface area contributed by atoms with E-state index in [1.807, 2.05) is 13.0 Å². The van der Waals surface area contributed by atoms with Crippen LogP contribution < -0.4 is 26.6 Å². The maximum Gasteiger partial charge on any atom is 0.271 e. The monoisotopic (exact) mass is 591 g/mol. The van der Waals surface area contributed by atoms with E-state index in [0.29, 0.717) is 24.1 Å². The molecule has 5 N–H and O–H groups in total. The van der Waals surface area contributed by atoms with E-state index in [0.717, 1.165) is 63.2 Å². The lowest BCUT2D eigenvalue weighted by Crippen LogP contribution is -2.52. The number of primary amides is 1. The number of aromatic nitrogens is 2. The van der Waals surface area contributed by atoms with Crippen molar-refractivity contribution in [3.63, 3.8) is 0 Å². The molecular weight excluding hydrogens is 542 g/mol. The molecule has 3 aliphatic rings. The molecule has 0 unspecified atom stereocenters. The minimum absolute atomic E-state index is 0.0161. The molecule has 2 aliphatic heterocycles. The predicted molar refractivity (Wildman–Crippen MR) is 172 cm³/mol. The van der Waals surface area contributed by atoms with Crippen LogP contribution in [0.3, 0.4) is 0 Å². The second-order valence-electron chi connectivity index (χ2n) is 12.5. The predicted octanol–water partition coefficient (Wildman–Crippen LogP) is 3.27. The quantitative estimate of drug-likeness (QED) is 0.347. The molecule has 11 heteroatoms. The molecule has 43 heavy (non-hydrogen) atoms. The minimum Gasteiger partial charge on any atom is -0.371 e. The highest BCUT2D eigenvalue weighted by molar-refractivity contribution is 5.96. The zero-order chi connectivity index (χ0) is 30.5. The maximum atomic E-state index is 12.4. The molecule has 234 valence electrons. The normalized spacial score (nSPS) is 22.3. The summed E-state index contributed by atoms with van der Waals surface area (Å²) in [6.45, 7) is 12.5. The summed E-state index contributed by atoms with van der Waals surface area (Å²) in [6.07, 6.45) is 6.67. The number of nitrogens with zero attached hydrogens (tertiary/aromatic N) is 5. The SMILES string of the molecule is CCc1nc(C(N)=O)c(Nc2ccc(N3CCC(N4CCN(C)CC4)CC3)c(C)c2)nc1N[C@H]1CC[C@H](NC(C)=O)CC1. The zero-order valence-electron chi connectivity index (χ0n) is 26.3. The highest BCUT2D eigenvalue weighted by atomic mass is 16.1. The van der Waals surface area contributed by atoms with Crippen molar-refractivity contribution in [2.45, 2.75) is 83.8 Å². The molecule has 1 aliphatic carbocycles. The van der Waals surface area contributed by atoms with Crippen LogP contribution in [0.25, 0.3) is 0 Å². The van der Waals surface area contributed by atoms with Crippen LogP contribution in [0.2, 0.25) is 0 Å². The Morgan fingerprint density at radius 3 is 2.21 bits per heavy atom. The molecule has 3 fully saturated rings. The van der Waals surface area contributed by atoms with E-state index >= 15 is 0 Å². The van der Waals surface area contributed by atoms with E-state index in [1.54, 1.807) is 6.92 Å². The first-order valence-corrected chi connectivity index (χ1v) is 16.0. The fraction of sp³-hybridized carbons (Fsp3) is 0.625. The number of aryl methyl sites for hydroxylation is 2. The number of nitrogens with one attached hydrogen (secondary N) is 3. The van der Waals surface area contributed by atoms with Crippen molar-refractivity contribution >= 4 is 34.8 Å². The third-order valence-electron chi connectivity index (χ3n) is 9.33. The Labute approximate surface area is 256 Å². The van der Waals surface area contributed by atoms with Gasteiger partial charge < -0.3 is 31.5 Å². The standard InChI is InChI=1S/C32H49N9O2/c1-5-27-31(35-24-8-6-23(7-9-24)34-22(3)42)38-32(29(37-27)30(33)43)36-25-10-11-28(21(2)20-25)41-14-12-26(13-15-41)40-18-16-39(4)17-19-40/h10-11,20,23-24,26H,5-9,12-19H2,1-4H3,(H2,33,43)(H,34,42)(H2,35,36,38)/t23-,24-. The molecule has 2 aromatic rings. The van der Waals surface area contributed by atoms with Crippen molar-refractivity contribution in [1.29, 1.82) is 0 Å². The molecule has 11 nitrogen and oxygen atoms in total. The summed E-state index contributed by atoms with van der Waals surface area (Å²) >= 11 is 0. The maximum absolute atomic E-state index is 12.4. The Bertz CT molecular complexity index is 1280. The van der Waals surface area contributed by atoms with Crippen LogP contribution in [0.5, 0.6) is 0 Å². The number of piperazine rings is 1. The van der Waals surface area contributed by atoms with Crippen molar-refractivity contribution in [1.82, 2.24) is 25.1 Å². The summed E-state index contributed by atoms with van der Waals surface area (Å²) in [5.41, 5.74) is 9.89. The molecular formula is C32H49N9O2. The van der Waals surface area contributed by atoms with E-state index in [4.69, 9.17) is 10.7 Å². The summed E-state index contributed by atoms with van der Waals surface area (Å²) in [6, 6.07) is 7.44. The van der Waals surface area contributed by atoms with Crippen LogP contribution in [0.15, 0.2) is 18.2 Å². The van der Waals surface area contributed by atoms with E-state index < -0.39 is 5.91 Å². The van der Waals surface area contributed by atoms with Crippen LogP contribution in [-0.2, 0) is 11.2 Å². The Kier molecular flexibility index (Phi) is 10.0. The topological polar surface area (TPSA) is 132 Å². The van der Waals surface area contributed by atoms with Gasteiger partial charge in [0.2, 0.25) is 5.91 Å². The summed E-state index contributed by atoms with van der Waals surface area (Å²) in [5, 5.41) is 9.94. The highest BCUT2D eigenvalue weighted by Crippen LogP contribution is 2.31. The number of amides is 2. The number of anilines is 4. The lowest BCUT2D eigenvalue weighted by molar-refractivity contribution is -0.119. The number of hydrogen-bond donors (Lipinski definition) is 4. The van der Waals surface area contributed by atoms with E-state index in [1.165, 1.54) is 37.2 Å². The van der Waals surface area contributed by atoms with E-state index in [2.05, 4.69) is 61.7 Å². The van der Waals surface area contributed by atoms with Crippen molar-refractivity contribution in [2.75, 3.05) is 61.8 Å². The number of carbonyl (C=O) groups is 2. The Morgan fingerprint density at radius 1 is 0.930 bits per heavy atom. The number of piperidine rings is 1. The van der Waals surface area contributed by atoms with Gasteiger partial charge in [0, 0.05) is 75.7 Å². The second kappa shape index (κ2) is 13.9. The summed E-state index contributed by atoms with van der Waals surface area (Å²) in [7, 11) is 2.21. The number of carbonyl (C=O) groups excluding carboxylic acids is 2. The van der Waals surface area contributed by atoms with Crippen molar-refractivity contribution in [3.05, 3.63) is 35.2 Å². The molecule has 2 amide bonds. The fourth-order valence-electron chi connectivity index (χ4n) is 6.84. The van der Waals surface area contributed by atoms with Crippen LogP contribution in [0.1, 0.15) is 74.1 Å². The first-order valence-electron chi connectivity index (χ1n) is 16.0. The fourth-order valence-corrected chi connectivity index (χ4v) is 6.84. The van der Waals surface area contributed by atoms with Gasteiger partial charge in [-0.1, -0.05) is 6.92 Å². The van der Waals surface area contributed by atoms with Crippen LogP contribution in [0, 0.1) is 6.92 Å². The first-order chi connectivity index (χ1) is 20.7. The van der Waals surface area contributed by atoms with Crippen molar-refractivity contribution in [3.8, 4) is 0 Å². The molecule has 1 aromatic heterocycles. The second-order valence-corrected chi connectivity index (χ2v) is 12.5. The smallest absolute Gasteiger partial charge is 0.271 e. The van der Waals surface area contributed by atoms with Gasteiger partial charge in [-0.2, -0.15) is 0 Å². The third kappa shape index (κ3) is 7.75. The molecule has 0 spiro atoms. The van der Waals surface area contributed by atoms with E-state index in [-0.39, 0.29) is 23.7 Å². The molecule has 2 saturated heterocycles. The zero-order valence-corrected chi connectivity index (χ0v) is 26.3. The molecule has 0 bridgehead atoms. The number of rotatable bonds is 9. The lowest BCUT2D eigenvalue weighted by atomic mass is 9.91. The number of nitrogens with two attached hydrogens (primary N) is 1. The van der Waals surface area contributed by atoms with Gasteiger partial charge >= 0.3 is 0 Å². The summed E-state index contributed by atoms with van der Waals surface area (Å²) in [5.74, 6) is 0.444. The van der Waals surface area contributed by atoms with Gasteiger partial charge in [0.05, 0.1) is 5.69 Å². The number of benzene rings is 1. The van der Waals surface area contributed by atoms with Gasteiger partial charge in [-0.25, -0.2) is 9.97 Å². The Hall–Kier alpha value is -3.44. The Morgan fingerprint density at radius 2 is 1.60 bits per heavy atom. The lowest BCUT2D eigenvalue weighted by Gasteiger charge is -2.43. The molecule has 1 aromatic carbocycles. The molecule has 3 heterocycles. The van der Waals surface area contributed by atoms with Gasteiger partial charge in [-0.15, -0.1) is 0 Å². The van der Waals surface area contributed by atoms with Gasteiger partial charge in [0.15, 0.2) is 11.5 Å². The molecule has 0 radical (unpaired) electrons. The van der Waals surface area contributed by atoms with Crippen molar-refractivity contribution < 1.29 is 9.59 Å². The van der Waals surface area contributed by atoms with Gasteiger partial charge in [-0.3, -0.25) is 14.5 Å². The van der Waals surface area contributed by atoms with E-state index in [9.17, 15) is 9.59 Å². The highest BCUT2D eigenvalue weighted by Gasteiger charge is 2.28. The largest absolute Gasteiger partial charge is 0.371 e. The first kappa shape index (κ1) is 31.0. The van der Waals surface area contributed by atoms with Crippen LogP contribution >= 0.6 is 0 Å². The third-order valence-corrected chi connectivity index (χ3v) is 9.33. The number of likely N-dealkylation sites (N-methyl/N-ethyl adjacent to an activating group) is 1. The van der Waals surface area contributed by atoms with Gasteiger partial charge in [0.1, 0.15) is 5.82 Å². The molecule has 0 atom stereocenters. The summed E-state index contributed by atoms with van der Waals surface area (Å²) < 4.78 is 0.